The second-order valence-electron chi connectivity index (χ2n) is 5.99. The van der Waals surface area contributed by atoms with E-state index in [-0.39, 0.29) is 5.54 Å². The molecule has 0 saturated heterocycles. The summed E-state index contributed by atoms with van der Waals surface area (Å²) in [4.78, 5) is 4.55. The van der Waals surface area contributed by atoms with Crippen LogP contribution in [0.25, 0.3) is 22.5 Å². The first kappa shape index (κ1) is 13.7. The summed E-state index contributed by atoms with van der Waals surface area (Å²) in [5.74, 6) is 1.02. The van der Waals surface area contributed by atoms with E-state index in [0.717, 1.165) is 10.9 Å². The van der Waals surface area contributed by atoms with Crippen LogP contribution < -0.4 is 5.32 Å². The molecular formula is C16H18N4O. The number of para-hydroxylation sites is 1. The van der Waals surface area contributed by atoms with Crippen molar-refractivity contribution in [3.8, 4) is 11.6 Å². The molecule has 0 radical (unpaired) electrons. The summed E-state index contributed by atoms with van der Waals surface area (Å²) in [7, 11) is 0. The minimum Gasteiger partial charge on any atom is -0.418 e. The van der Waals surface area contributed by atoms with Crippen LogP contribution in [-0.4, -0.2) is 20.7 Å². The lowest BCUT2D eigenvalue weighted by molar-refractivity contribution is 0.383. The average molecular weight is 282 g/mol. The number of fused-ring (bicyclic) bond motifs is 1. The summed E-state index contributed by atoms with van der Waals surface area (Å²) >= 11 is 0. The van der Waals surface area contributed by atoms with Crippen molar-refractivity contribution in [3.05, 3.63) is 42.3 Å². The molecule has 3 aromatic rings. The second-order valence-corrected chi connectivity index (χ2v) is 5.99. The zero-order valence-corrected chi connectivity index (χ0v) is 12.4. The van der Waals surface area contributed by atoms with Gasteiger partial charge in [0.05, 0.1) is 12.1 Å². The van der Waals surface area contributed by atoms with Crippen molar-refractivity contribution in [2.45, 2.75) is 32.9 Å². The van der Waals surface area contributed by atoms with Crippen molar-refractivity contribution in [1.29, 1.82) is 0 Å². The molecule has 0 unspecified atom stereocenters. The van der Waals surface area contributed by atoms with Gasteiger partial charge in [0.1, 0.15) is 5.69 Å². The standard InChI is InChI=1S/C16H18N4O/c1-16(2,3)17-10-14-19-20-15(21-14)13-9-8-11-6-4-5-7-12(11)18-13/h4-9,17H,10H2,1-3H3. The molecule has 108 valence electrons. The molecule has 0 fully saturated rings. The zero-order valence-electron chi connectivity index (χ0n) is 12.4. The summed E-state index contributed by atoms with van der Waals surface area (Å²) in [5.41, 5.74) is 1.63. The van der Waals surface area contributed by atoms with Crippen molar-refractivity contribution in [2.24, 2.45) is 0 Å². The highest BCUT2D eigenvalue weighted by Gasteiger charge is 2.13. The quantitative estimate of drug-likeness (QED) is 0.799. The van der Waals surface area contributed by atoms with Gasteiger partial charge in [0, 0.05) is 10.9 Å². The number of hydrogen-bond donors (Lipinski definition) is 1. The molecule has 5 heteroatoms. The first-order valence-electron chi connectivity index (χ1n) is 6.95. The third-order valence-corrected chi connectivity index (χ3v) is 3.05. The van der Waals surface area contributed by atoms with Gasteiger partial charge in [0.15, 0.2) is 0 Å². The van der Waals surface area contributed by atoms with E-state index in [4.69, 9.17) is 4.42 Å². The number of nitrogens with zero attached hydrogens (tertiary/aromatic N) is 3. The number of pyridine rings is 1. The first-order valence-corrected chi connectivity index (χ1v) is 6.95. The van der Waals surface area contributed by atoms with Crippen molar-refractivity contribution in [2.75, 3.05) is 0 Å². The molecule has 0 bridgehead atoms. The Balaban J connectivity index is 1.84. The van der Waals surface area contributed by atoms with Crippen LogP contribution in [0, 0.1) is 0 Å². The van der Waals surface area contributed by atoms with Gasteiger partial charge in [-0.2, -0.15) is 0 Å². The largest absolute Gasteiger partial charge is 0.418 e. The Morgan fingerprint density at radius 3 is 2.67 bits per heavy atom. The molecule has 0 aliphatic heterocycles. The van der Waals surface area contributed by atoms with Gasteiger partial charge in [-0.25, -0.2) is 4.98 Å². The fourth-order valence-corrected chi connectivity index (χ4v) is 1.95. The van der Waals surface area contributed by atoms with Crippen molar-refractivity contribution in [3.63, 3.8) is 0 Å². The lowest BCUT2D eigenvalue weighted by Gasteiger charge is -2.18. The SMILES string of the molecule is CC(C)(C)NCc1nnc(-c2ccc3ccccc3n2)o1. The van der Waals surface area contributed by atoms with Gasteiger partial charge in [-0.3, -0.25) is 0 Å². The smallest absolute Gasteiger partial charge is 0.266 e. The van der Waals surface area contributed by atoms with Crippen molar-refractivity contribution < 1.29 is 4.42 Å². The topological polar surface area (TPSA) is 63.8 Å². The first-order chi connectivity index (χ1) is 10.0. The highest BCUT2D eigenvalue weighted by atomic mass is 16.4. The fraction of sp³-hybridized carbons (Fsp3) is 0.312. The molecule has 0 amide bonds. The number of hydrogen-bond acceptors (Lipinski definition) is 5. The molecule has 1 aromatic carbocycles. The van der Waals surface area contributed by atoms with Gasteiger partial charge in [-0.15, -0.1) is 10.2 Å². The maximum absolute atomic E-state index is 5.67. The van der Waals surface area contributed by atoms with E-state index >= 15 is 0 Å². The fourth-order valence-electron chi connectivity index (χ4n) is 1.95. The number of rotatable bonds is 3. The molecule has 5 nitrogen and oxygen atoms in total. The average Bonchev–Trinajstić information content (AvgIpc) is 2.93. The molecule has 21 heavy (non-hydrogen) atoms. The van der Waals surface area contributed by atoms with Gasteiger partial charge >= 0.3 is 0 Å². The van der Waals surface area contributed by atoms with Crippen molar-refractivity contribution >= 4 is 10.9 Å². The number of aromatic nitrogens is 3. The Kier molecular flexibility index (Phi) is 3.43. The van der Waals surface area contributed by atoms with Gasteiger partial charge in [-0.05, 0) is 32.9 Å². The number of benzene rings is 1. The molecule has 2 aromatic heterocycles. The Morgan fingerprint density at radius 1 is 1.05 bits per heavy atom. The van der Waals surface area contributed by atoms with Crippen LogP contribution in [0.15, 0.2) is 40.8 Å². The van der Waals surface area contributed by atoms with E-state index in [9.17, 15) is 0 Å². The van der Waals surface area contributed by atoms with Crippen LogP contribution in [0.5, 0.6) is 0 Å². The van der Waals surface area contributed by atoms with E-state index in [1.54, 1.807) is 0 Å². The summed E-state index contributed by atoms with van der Waals surface area (Å²) < 4.78 is 5.67. The Bertz CT molecular complexity index is 758. The lowest BCUT2D eigenvalue weighted by atomic mass is 10.1. The maximum Gasteiger partial charge on any atom is 0.266 e. The minimum atomic E-state index is 0.00975. The highest BCUT2D eigenvalue weighted by Crippen LogP contribution is 2.19. The van der Waals surface area contributed by atoms with E-state index < -0.39 is 0 Å². The number of nitrogens with one attached hydrogen (secondary N) is 1. The monoisotopic (exact) mass is 282 g/mol. The Hall–Kier alpha value is -2.27. The molecule has 0 aliphatic carbocycles. The van der Waals surface area contributed by atoms with E-state index in [2.05, 4.69) is 41.3 Å². The van der Waals surface area contributed by atoms with E-state index in [0.29, 0.717) is 24.0 Å². The Morgan fingerprint density at radius 2 is 1.86 bits per heavy atom. The highest BCUT2D eigenvalue weighted by molar-refractivity contribution is 5.80. The molecule has 1 N–H and O–H groups in total. The summed E-state index contributed by atoms with van der Waals surface area (Å²) in [5, 5.41) is 12.5. The van der Waals surface area contributed by atoms with Crippen LogP contribution >= 0.6 is 0 Å². The normalized spacial score (nSPS) is 12.0. The minimum absolute atomic E-state index is 0.00975. The third-order valence-electron chi connectivity index (χ3n) is 3.05. The van der Waals surface area contributed by atoms with Crippen LogP contribution in [0.4, 0.5) is 0 Å². The lowest BCUT2D eigenvalue weighted by Crippen LogP contribution is -2.35. The molecular weight excluding hydrogens is 264 g/mol. The summed E-state index contributed by atoms with van der Waals surface area (Å²) in [6.07, 6.45) is 0. The summed E-state index contributed by atoms with van der Waals surface area (Å²) in [6.45, 7) is 6.82. The van der Waals surface area contributed by atoms with E-state index in [1.807, 2.05) is 36.4 Å². The third kappa shape index (κ3) is 3.25. The second kappa shape index (κ2) is 5.26. The van der Waals surface area contributed by atoms with Crippen molar-refractivity contribution in [1.82, 2.24) is 20.5 Å². The summed E-state index contributed by atoms with van der Waals surface area (Å²) in [6, 6.07) is 11.9. The van der Waals surface area contributed by atoms with Crippen LogP contribution in [0.1, 0.15) is 26.7 Å². The van der Waals surface area contributed by atoms with Gasteiger partial charge < -0.3 is 9.73 Å². The van der Waals surface area contributed by atoms with Gasteiger partial charge in [0.2, 0.25) is 5.89 Å². The molecule has 0 saturated carbocycles. The van der Waals surface area contributed by atoms with Crippen LogP contribution in [0.2, 0.25) is 0 Å². The van der Waals surface area contributed by atoms with Gasteiger partial charge in [0.25, 0.3) is 5.89 Å². The molecule has 0 aliphatic rings. The molecule has 0 spiro atoms. The molecule has 2 heterocycles. The predicted octanol–water partition coefficient (Wildman–Crippen LogP) is 3.17. The Labute approximate surface area is 123 Å². The molecule has 3 rings (SSSR count). The van der Waals surface area contributed by atoms with Crippen LogP contribution in [-0.2, 0) is 6.54 Å². The maximum atomic E-state index is 5.67. The zero-order chi connectivity index (χ0) is 14.9. The van der Waals surface area contributed by atoms with E-state index in [1.165, 1.54) is 0 Å². The van der Waals surface area contributed by atoms with Crippen LogP contribution in [0.3, 0.4) is 0 Å². The van der Waals surface area contributed by atoms with Gasteiger partial charge in [-0.1, -0.05) is 24.3 Å². The predicted molar refractivity (Wildman–Crippen MR) is 81.6 cm³/mol. The molecule has 0 atom stereocenters.